The first-order chi connectivity index (χ1) is 3.66. The number of nitrogens with two attached hydrogens (primary N) is 1. The quantitative estimate of drug-likeness (QED) is 0.537. The van der Waals surface area contributed by atoms with Gasteiger partial charge in [-0.25, -0.2) is 4.99 Å². The molecule has 2 N–H and O–H groups in total. The van der Waals surface area contributed by atoms with Crippen LogP contribution in [0, 0.1) is 0 Å². The predicted octanol–water partition coefficient (Wildman–Crippen LogP) is 1.29. The molecule has 0 aromatic heterocycles. The summed E-state index contributed by atoms with van der Waals surface area (Å²) in [6.07, 6.45) is 0.941. The zero-order chi connectivity index (χ0) is 6.57. The van der Waals surface area contributed by atoms with Gasteiger partial charge >= 0.3 is 0 Å². The summed E-state index contributed by atoms with van der Waals surface area (Å²) in [6, 6.07) is 0. The zero-order valence-corrected chi connectivity index (χ0v) is 5.44. The zero-order valence-electron chi connectivity index (χ0n) is 5.44. The van der Waals surface area contributed by atoms with E-state index < -0.39 is 0 Å². The van der Waals surface area contributed by atoms with E-state index in [2.05, 4.69) is 11.6 Å². The van der Waals surface area contributed by atoms with Crippen molar-refractivity contribution in [2.24, 2.45) is 10.7 Å². The molecule has 46 valence electrons. The van der Waals surface area contributed by atoms with E-state index in [0.717, 1.165) is 12.1 Å². The highest BCUT2D eigenvalue weighted by molar-refractivity contribution is 5.82. The van der Waals surface area contributed by atoms with E-state index in [1.54, 1.807) is 0 Å². The van der Waals surface area contributed by atoms with Gasteiger partial charge in [0, 0.05) is 5.71 Å². The fourth-order valence-electron chi connectivity index (χ4n) is 0.324. The molecule has 0 amide bonds. The first-order valence-corrected chi connectivity index (χ1v) is 2.65. The first-order valence-electron chi connectivity index (χ1n) is 2.65. The highest BCUT2D eigenvalue weighted by atomic mass is 14.9. The van der Waals surface area contributed by atoms with Gasteiger partial charge in [-0.2, -0.15) is 0 Å². The molecular weight excluding hydrogens is 100 g/mol. The molecule has 0 saturated carbocycles. The van der Waals surface area contributed by atoms with Crippen LogP contribution in [0.5, 0.6) is 0 Å². The summed E-state index contributed by atoms with van der Waals surface area (Å²) in [4.78, 5) is 3.90. The molecule has 0 aliphatic rings. The van der Waals surface area contributed by atoms with Gasteiger partial charge in [-0.05, 0) is 13.3 Å². The lowest BCUT2D eigenvalue weighted by Gasteiger charge is -1.91. The molecule has 0 aromatic carbocycles. The minimum atomic E-state index is 0.393. The van der Waals surface area contributed by atoms with E-state index in [1.165, 1.54) is 0 Å². The number of aliphatic imine (C=N–C) groups is 1. The summed E-state index contributed by atoms with van der Waals surface area (Å²) in [5, 5.41) is 0. The van der Waals surface area contributed by atoms with E-state index >= 15 is 0 Å². The lowest BCUT2D eigenvalue weighted by molar-refractivity contribution is 1.19. The molecule has 0 unspecified atom stereocenters. The van der Waals surface area contributed by atoms with Crippen molar-refractivity contribution in [3.63, 3.8) is 0 Å². The Kier molecular flexibility index (Phi) is 2.92. The van der Waals surface area contributed by atoms with Crippen molar-refractivity contribution in [1.82, 2.24) is 0 Å². The maximum absolute atomic E-state index is 5.19. The normalized spacial score (nSPS) is 11.5. The Morgan fingerprint density at radius 1 is 1.75 bits per heavy atom. The molecule has 2 nitrogen and oxygen atoms in total. The van der Waals surface area contributed by atoms with Gasteiger partial charge in [-0.3, -0.25) is 0 Å². The van der Waals surface area contributed by atoms with Crippen LogP contribution in [-0.4, -0.2) is 5.71 Å². The fourth-order valence-corrected chi connectivity index (χ4v) is 0.324. The van der Waals surface area contributed by atoms with Crippen LogP contribution in [0.25, 0.3) is 0 Å². The molecule has 0 radical (unpaired) electrons. The topological polar surface area (TPSA) is 38.4 Å². The smallest absolute Gasteiger partial charge is 0.115 e. The van der Waals surface area contributed by atoms with Gasteiger partial charge in [-0.15, -0.1) is 0 Å². The van der Waals surface area contributed by atoms with Crippen molar-refractivity contribution in [2.45, 2.75) is 20.3 Å². The molecule has 0 aliphatic heterocycles. The largest absolute Gasteiger partial charge is 0.384 e. The van der Waals surface area contributed by atoms with Crippen LogP contribution >= 0.6 is 0 Å². The molecule has 0 aliphatic carbocycles. The molecule has 0 spiro atoms. The highest BCUT2D eigenvalue weighted by Crippen LogP contribution is 1.87. The van der Waals surface area contributed by atoms with Gasteiger partial charge in [0.25, 0.3) is 0 Å². The summed E-state index contributed by atoms with van der Waals surface area (Å²) in [5.41, 5.74) is 6.21. The lowest BCUT2D eigenvalue weighted by Crippen LogP contribution is -1.95. The van der Waals surface area contributed by atoms with Crippen molar-refractivity contribution in [3.05, 3.63) is 12.4 Å². The monoisotopic (exact) mass is 112 g/mol. The third kappa shape index (κ3) is 3.40. The molecule has 8 heavy (non-hydrogen) atoms. The molecule has 0 heterocycles. The highest BCUT2D eigenvalue weighted by Gasteiger charge is 1.82. The molecule has 0 rings (SSSR count). The fraction of sp³-hybridized carbons (Fsp3) is 0.500. The minimum absolute atomic E-state index is 0.393. The van der Waals surface area contributed by atoms with Crippen LogP contribution in [0.3, 0.4) is 0 Å². The van der Waals surface area contributed by atoms with E-state index in [4.69, 9.17) is 5.73 Å². The Balaban J connectivity index is 3.75. The van der Waals surface area contributed by atoms with Crippen molar-refractivity contribution >= 4 is 5.71 Å². The van der Waals surface area contributed by atoms with Crippen LogP contribution in [0.2, 0.25) is 0 Å². The van der Waals surface area contributed by atoms with Crippen LogP contribution in [0.15, 0.2) is 17.4 Å². The molecule has 0 aromatic rings. The van der Waals surface area contributed by atoms with Crippen LogP contribution < -0.4 is 5.73 Å². The predicted molar refractivity (Wildman–Crippen MR) is 36.7 cm³/mol. The van der Waals surface area contributed by atoms with Crippen molar-refractivity contribution < 1.29 is 0 Å². The van der Waals surface area contributed by atoms with Gasteiger partial charge < -0.3 is 5.73 Å². The molecule has 2 heteroatoms. The Labute approximate surface area is 50.1 Å². The molecule has 0 saturated heterocycles. The van der Waals surface area contributed by atoms with Gasteiger partial charge in [0.05, 0.1) is 0 Å². The minimum Gasteiger partial charge on any atom is -0.384 e. The van der Waals surface area contributed by atoms with Crippen LogP contribution in [0.4, 0.5) is 0 Å². The van der Waals surface area contributed by atoms with Crippen molar-refractivity contribution in [2.75, 3.05) is 0 Å². The second-order valence-corrected chi connectivity index (χ2v) is 1.69. The van der Waals surface area contributed by atoms with Crippen molar-refractivity contribution in [1.29, 1.82) is 0 Å². The first kappa shape index (κ1) is 7.21. The molecule has 0 fully saturated rings. The Morgan fingerprint density at radius 2 is 2.25 bits per heavy atom. The van der Waals surface area contributed by atoms with Crippen molar-refractivity contribution in [3.8, 4) is 0 Å². The second kappa shape index (κ2) is 3.24. The van der Waals surface area contributed by atoms with Crippen LogP contribution in [-0.2, 0) is 0 Å². The van der Waals surface area contributed by atoms with Gasteiger partial charge in [0.1, 0.15) is 5.82 Å². The second-order valence-electron chi connectivity index (χ2n) is 1.69. The number of rotatable bonds is 2. The maximum Gasteiger partial charge on any atom is 0.115 e. The summed E-state index contributed by atoms with van der Waals surface area (Å²) in [6.45, 7) is 7.39. The average Bonchev–Trinajstić information content (AvgIpc) is 1.65. The molecule has 0 atom stereocenters. The van der Waals surface area contributed by atoms with Gasteiger partial charge in [-0.1, -0.05) is 13.5 Å². The standard InChI is InChI=1S/C6H12N2/c1-4-5(2)8-6(3)7/h3-4,7H2,1-2H3. The van der Waals surface area contributed by atoms with E-state index in [1.807, 2.05) is 13.8 Å². The third-order valence-electron chi connectivity index (χ3n) is 0.846. The van der Waals surface area contributed by atoms with E-state index in [0.29, 0.717) is 5.82 Å². The van der Waals surface area contributed by atoms with E-state index in [9.17, 15) is 0 Å². The number of nitrogens with zero attached hydrogens (tertiary/aromatic N) is 1. The van der Waals surface area contributed by atoms with Gasteiger partial charge in [0.15, 0.2) is 0 Å². The Hall–Kier alpha value is -0.790. The van der Waals surface area contributed by atoms with Gasteiger partial charge in [0.2, 0.25) is 0 Å². The Morgan fingerprint density at radius 3 is 2.38 bits per heavy atom. The number of hydrogen-bond acceptors (Lipinski definition) is 2. The summed E-state index contributed by atoms with van der Waals surface area (Å²) in [7, 11) is 0. The van der Waals surface area contributed by atoms with Crippen LogP contribution in [0.1, 0.15) is 20.3 Å². The maximum atomic E-state index is 5.19. The third-order valence-corrected chi connectivity index (χ3v) is 0.846. The van der Waals surface area contributed by atoms with E-state index in [-0.39, 0.29) is 0 Å². The molecule has 0 bridgehead atoms. The lowest BCUT2D eigenvalue weighted by atomic mass is 10.3. The number of hydrogen-bond donors (Lipinski definition) is 1. The summed E-state index contributed by atoms with van der Waals surface area (Å²) in [5.74, 6) is 0.393. The summed E-state index contributed by atoms with van der Waals surface area (Å²) >= 11 is 0. The average molecular weight is 112 g/mol. The molecular formula is C6H12N2. The SMILES string of the molecule is C=C(N)N=C(C)CC. The summed E-state index contributed by atoms with van der Waals surface area (Å²) < 4.78 is 0. The Bertz CT molecular complexity index is 114.